The van der Waals surface area contributed by atoms with Crippen LogP contribution in [0.4, 0.5) is 4.39 Å². The van der Waals surface area contributed by atoms with Gasteiger partial charge in [0.2, 0.25) is 11.8 Å². The summed E-state index contributed by atoms with van der Waals surface area (Å²) in [7, 11) is 0. The van der Waals surface area contributed by atoms with Crippen LogP contribution < -0.4 is 5.32 Å². The van der Waals surface area contributed by atoms with Gasteiger partial charge in [-0.15, -0.1) is 0 Å². The fourth-order valence-electron chi connectivity index (χ4n) is 6.17. The molecule has 3 amide bonds. The van der Waals surface area contributed by atoms with Crippen molar-refractivity contribution < 1.29 is 23.9 Å². The van der Waals surface area contributed by atoms with Crippen LogP contribution in [0.3, 0.4) is 0 Å². The molecule has 1 aromatic heterocycles. The second kappa shape index (κ2) is 9.66. The van der Waals surface area contributed by atoms with E-state index >= 15 is 4.39 Å². The summed E-state index contributed by atoms with van der Waals surface area (Å²) >= 11 is 0. The van der Waals surface area contributed by atoms with Gasteiger partial charge in [-0.3, -0.25) is 29.6 Å². The maximum atomic E-state index is 16.0. The highest BCUT2D eigenvalue weighted by Gasteiger charge is 2.45. The lowest BCUT2D eigenvalue weighted by Crippen LogP contribution is -2.53. The van der Waals surface area contributed by atoms with Gasteiger partial charge in [-0.1, -0.05) is 30.3 Å². The number of likely N-dealkylation sites (tertiary alicyclic amines) is 1. The quantitative estimate of drug-likeness (QED) is 0.493. The van der Waals surface area contributed by atoms with Crippen LogP contribution in [0.5, 0.6) is 0 Å². The van der Waals surface area contributed by atoms with E-state index in [1.54, 1.807) is 25.3 Å². The molecule has 3 atom stereocenters. The number of nitrogens with one attached hydrogen (secondary N) is 1. The van der Waals surface area contributed by atoms with Gasteiger partial charge in [-0.2, -0.15) is 0 Å². The van der Waals surface area contributed by atoms with Crippen molar-refractivity contribution in [2.75, 3.05) is 13.1 Å². The summed E-state index contributed by atoms with van der Waals surface area (Å²) in [5.41, 5.74) is 2.13. The molecule has 2 saturated heterocycles. The molecule has 4 heterocycles. The molecule has 0 bridgehead atoms. The number of nitrogens with zero attached hydrogens (tertiary/aromatic N) is 3. The summed E-state index contributed by atoms with van der Waals surface area (Å²) in [5.74, 6) is -1.85. The molecule has 8 nitrogen and oxygen atoms in total. The number of rotatable bonds is 5. The number of benzene rings is 2. The van der Waals surface area contributed by atoms with E-state index in [0.717, 1.165) is 17.7 Å². The van der Waals surface area contributed by atoms with Gasteiger partial charge in [0.1, 0.15) is 17.5 Å². The number of pyridine rings is 1. The van der Waals surface area contributed by atoms with Crippen molar-refractivity contribution >= 4 is 17.7 Å². The Morgan fingerprint density at radius 1 is 1.10 bits per heavy atom. The minimum atomic E-state index is -0.902. The third kappa shape index (κ3) is 4.41. The van der Waals surface area contributed by atoms with Crippen LogP contribution in [-0.4, -0.2) is 56.7 Å². The Labute approximate surface area is 225 Å². The number of piperidine rings is 1. The molecule has 3 aliphatic heterocycles. The Kier molecular flexibility index (Phi) is 6.28. The molecule has 39 heavy (non-hydrogen) atoms. The average molecular weight is 529 g/mol. The zero-order valence-electron chi connectivity index (χ0n) is 21.6. The highest BCUT2D eigenvalue weighted by atomic mass is 19.1. The summed E-state index contributed by atoms with van der Waals surface area (Å²) in [6.07, 6.45) is 2.61. The van der Waals surface area contributed by atoms with Crippen molar-refractivity contribution in [2.45, 2.75) is 50.4 Å². The number of aromatic nitrogens is 1. The monoisotopic (exact) mass is 528 g/mol. The van der Waals surface area contributed by atoms with Gasteiger partial charge in [0.05, 0.1) is 11.7 Å². The Morgan fingerprint density at radius 3 is 2.64 bits per heavy atom. The Morgan fingerprint density at radius 2 is 1.87 bits per heavy atom. The normalized spacial score (nSPS) is 25.2. The SMILES string of the molecule is C[C@@H]1c2c(ccc(-c3cc(CN4CCC(O)(c5ccccc5)C4)ccn3)c2F)C(=O)N1[C@H]1CCC(=O)NC1=O. The predicted molar refractivity (Wildman–Crippen MR) is 141 cm³/mol. The summed E-state index contributed by atoms with van der Waals surface area (Å²) in [5, 5.41) is 13.5. The second-order valence-electron chi connectivity index (χ2n) is 10.7. The zero-order valence-corrected chi connectivity index (χ0v) is 21.6. The van der Waals surface area contributed by atoms with E-state index in [9.17, 15) is 19.5 Å². The first-order valence-corrected chi connectivity index (χ1v) is 13.2. The minimum Gasteiger partial charge on any atom is -0.384 e. The number of imide groups is 1. The summed E-state index contributed by atoms with van der Waals surface area (Å²) in [6, 6.07) is 15.0. The van der Waals surface area contributed by atoms with Gasteiger partial charge >= 0.3 is 0 Å². The number of hydrogen-bond acceptors (Lipinski definition) is 6. The number of aliphatic hydroxyl groups is 1. The van der Waals surface area contributed by atoms with E-state index in [1.165, 1.54) is 4.90 Å². The first-order chi connectivity index (χ1) is 18.7. The van der Waals surface area contributed by atoms with Crippen LogP contribution in [0.2, 0.25) is 0 Å². The van der Waals surface area contributed by atoms with Gasteiger partial charge < -0.3 is 10.0 Å². The van der Waals surface area contributed by atoms with Crippen LogP contribution >= 0.6 is 0 Å². The number of fused-ring (bicyclic) bond motifs is 1. The van der Waals surface area contributed by atoms with Crippen LogP contribution in [0.25, 0.3) is 11.3 Å². The second-order valence-corrected chi connectivity index (χ2v) is 10.7. The number of carbonyl (C=O) groups excluding carboxylic acids is 3. The van der Waals surface area contributed by atoms with Crippen molar-refractivity contribution in [2.24, 2.45) is 0 Å². The standard InChI is InChI=1S/C30H29FN4O4/c1-18-26-22(29(38)35(18)24-9-10-25(36)33-28(24)37)8-7-21(27(26)31)23-15-19(11-13-32-23)16-34-14-12-30(39,17-34)20-5-3-2-4-6-20/h2-8,11,13,15,18,24,39H,9-10,12,14,16-17H2,1H3,(H,33,36,37)/t18-,24+,30?/m1/s1. The zero-order chi connectivity index (χ0) is 27.3. The number of β-amino-alcohol motifs (C(OH)–C–C–N with tert-alkyl or cyclic N) is 1. The highest BCUT2D eigenvalue weighted by molar-refractivity contribution is 6.06. The highest BCUT2D eigenvalue weighted by Crippen LogP contribution is 2.41. The van der Waals surface area contributed by atoms with Crippen molar-refractivity contribution in [3.63, 3.8) is 0 Å². The molecule has 0 saturated carbocycles. The number of amides is 3. The molecule has 3 aromatic rings. The Hall–Kier alpha value is -3.95. The van der Waals surface area contributed by atoms with Crippen molar-refractivity contribution in [1.82, 2.24) is 20.1 Å². The van der Waals surface area contributed by atoms with Crippen LogP contribution in [-0.2, 0) is 21.7 Å². The fourth-order valence-corrected chi connectivity index (χ4v) is 6.17. The van der Waals surface area contributed by atoms with E-state index in [1.807, 2.05) is 42.5 Å². The third-order valence-corrected chi connectivity index (χ3v) is 8.17. The maximum absolute atomic E-state index is 16.0. The molecular weight excluding hydrogens is 499 g/mol. The van der Waals surface area contributed by atoms with E-state index in [-0.39, 0.29) is 35.4 Å². The van der Waals surface area contributed by atoms with Crippen LogP contribution in [0, 0.1) is 5.82 Å². The minimum absolute atomic E-state index is 0.132. The predicted octanol–water partition coefficient (Wildman–Crippen LogP) is 3.30. The van der Waals surface area contributed by atoms with Gasteiger partial charge in [0.25, 0.3) is 5.91 Å². The molecule has 200 valence electrons. The van der Waals surface area contributed by atoms with E-state index in [2.05, 4.69) is 15.2 Å². The fraction of sp³-hybridized carbons (Fsp3) is 0.333. The van der Waals surface area contributed by atoms with Gasteiger partial charge in [0, 0.05) is 48.9 Å². The average Bonchev–Trinajstić information content (AvgIpc) is 3.43. The smallest absolute Gasteiger partial charge is 0.255 e. The Bertz CT molecular complexity index is 1480. The van der Waals surface area contributed by atoms with E-state index < -0.39 is 35.3 Å². The van der Waals surface area contributed by atoms with Crippen molar-refractivity contribution in [1.29, 1.82) is 0 Å². The van der Waals surface area contributed by atoms with E-state index in [0.29, 0.717) is 25.2 Å². The van der Waals surface area contributed by atoms with Gasteiger partial charge in [-0.25, -0.2) is 4.39 Å². The lowest BCUT2D eigenvalue weighted by atomic mass is 9.93. The van der Waals surface area contributed by atoms with Gasteiger partial charge in [-0.05, 0) is 55.2 Å². The molecule has 2 fully saturated rings. The molecular formula is C30H29FN4O4. The molecule has 3 aliphatic rings. The lowest BCUT2D eigenvalue weighted by Gasteiger charge is -2.32. The van der Waals surface area contributed by atoms with Crippen molar-refractivity contribution in [3.8, 4) is 11.3 Å². The van der Waals surface area contributed by atoms with Crippen LogP contribution in [0.1, 0.15) is 59.3 Å². The summed E-state index contributed by atoms with van der Waals surface area (Å²) in [6.45, 7) is 3.50. The molecule has 6 rings (SSSR count). The molecule has 0 radical (unpaired) electrons. The molecule has 2 N–H and O–H groups in total. The number of carbonyl (C=O) groups is 3. The number of halogens is 1. The maximum Gasteiger partial charge on any atom is 0.255 e. The molecule has 2 aromatic carbocycles. The Balaban J connectivity index is 1.23. The van der Waals surface area contributed by atoms with Crippen molar-refractivity contribution in [3.05, 3.63) is 88.9 Å². The topological polar surface area (TPSA) is 103 Å². The first-order valence-electron chi connectivity index (χ1n) is 13.2. The van der Waals surface area contributed by atoms with Crippen LogP contribution in [0.15, 0.2) is 60.8 Å². The molecule has 1 unspecified atom stereocenters. The molecule has 0 aliphatic carbocycles. The van der Waals surface area contributed by atoms with E-state index in [4.69, 9.17) is 0 Å². The first kappa shape index (κ1) is 25.3. The molecule has 0 spiro atoms. The summed E-state index contributed by atoms with van der Waals surface area (Å²) in [4.78, 5) is 45.2. The van der Waals surface area contributed by atoms with Gasteiger partial charge in [0.15, 0.2) is 0 Å². The lowest BCUT2D eigenvalue weighted by molar-refractivity contribution is -0.137. The molecule has 9 heteroatoms. The number of hydrogen-bond donors (Lipinski definition) is 2. The third-order valence-electron chi connectivity index (χ3n) is 8.17. The largest absolute Gasteiger partial charge is 0.384 e. The summed E-state index contributed by atoms with van der Waals surface area (Å²) < 4.78 is 16.0.